The molecule has 6 heteroatoms. The number of morpholine rings is 1. The predicted octanol–water partition coefficient (Wildman–Crippen LogP) is 3.58. The van der Waals surface area contributed by atoms with Gasteiger partial charge in [-0.2, -0.15) is 0 Å². The van der Waals surface area contributed by atoms with Gasteiger partial charge >= 0.3 is 0 Å². The Morgan fingerprint density at radius 3 is 2.48 bits per heavy atom. The molecule has 0 bridgehead atoms. The Morgan fingerprint density at radius 1 is 1.16 bits per heavy atom. The maximum absolute atomic E-state index is 12.2. The molecule has 1 N–H and O–H groups in total. The normalized spacial score (nSPS) is 21.2. The Hall–Kier alpha value is -1.63. The first kappa shape index (κ1) is 18.2. The van der Waals surface area contributed by atoms with Gasteiger partial charge in [-0.1, -0.05) is 24.3 Å². The SMILES string of the molecule is C[C@@H]1CN(Cc2ccccc2CNC(=O)c2ccc(Br)o2)C[C@@H](C)O1. The second kappa shape index (κ2) is 8.17. The van der Waals surface area contributed by atoms with Crippen LogP contribution in [0.4, 0.5) is 0 Å². The van der Waals surface area contributed by atoms with E-state index in [1.807, 2.05) is 12.1 Å². The summed E-state index contributed by atoms with van der Waals surface area (Å²) in [7, 11) is 0. The highest BCUT2D eigenvalue weighted by Gasteiger charge is 2.22. The molecule has 0 spiro atoms. The van der Waals surface area contributed by atoms with Crippen molar-refractivity contribution in [2.75, 3.05) is 13.1 Å². The molecule has 2 atom stereocenters. The summed E-state index contributed by atoms with van der Waals surface area (Å²) >= 11 is 3.21. The molecule has 1 fully saturated rings. The van der Waals surface area contributed by atoms with E-state index in [1.54, 1.807) is 12.1 Å². The first-order valence-corrected chi connectivity index (χ1v) is 9.28. The minimum Gasteiger partial charge on any atom is -0.444 e. The molecule has 1 aliphatic rings. The van der Waals surface area contributed by atoms with Crippen LogP contribution >= 0.6 is 15.9 Å². The van der Waals surface area contributed by atoms with E-state index in [2.05, 4.69) is 52.1 Å². The van der Waals surface area contributed by atoms with Gasteiger partial charge in [0, 0.05) is 26.2 Å². The van der Waals surface area contributed by atoms with Gasteiger partial charge in [-0.15, -0.1) is 0 Å². The molecular formula is C19H23BrN2O3. The number of amides is 1. The van der Waals surface area contributed by atoms with Crippen LogP contribution in [0.3, 0.4) is 0 Å². The number of benzene rings is 1. The molecule has 0 aliphatic carbocycles. The number of rotatable bonds is 5. The number of hydrogen-bond acceptors (Lipinski definition) is 4. The average molecular weight is 407 g/mol. The lowest BCUT2D eigenvalue weighted by Gasteiger charge is -2.35. The Kier molecular flexibility index (Phi) is 5.93. The zero-order valence-corrected chi connectivity index (χ0v) is 16.1. The van der Waals surface area contributed by atoms with E-state index in [0.717, 1.165) is 25.2 Å². The highest BCUT2D eigenvalue weighted by atomic mass is 79.9. The van der Waals surface area contributed by atoms with E-state index in [4.69, 9.17) is 9.15 Å². The monoisotopic (exact) mass is 406 g/mol. The van der Waals surface area contributed by atoms with Crippen LogP contribution < -0.4 is 5.32 Å². The van der Waals surface area contributed by atoms with Crippen molar-refractivity contribution in [2.45, 2.75) is 39.1 Å². The Labute approximate surface area is 156 Å². The molecule has 1 saturated heterocycles. The van der Waals surface area contributed by atoms with E-state index in [-0.39, 0.29) is 18.1 Å². The number of hydrogen-bond donors (Lipinski definition) is 1. The zero-order valence-electron chi connectivity index (χ0n) is 14.5. The molecule has 25 heavy (non-hydrogen) atoms. The minimum atomic E-state index is -0.214. The van der Waals surface area contributed by atoms with Crippen LogP contribution in [0.5, 0.6) is 0 Å². The summed E-state index contributed by atoms with van der Waals surface area (Å²) in [5.74, 6) is 0.0919. The van der Waals surface area contributed by atoms with Crippen molar-refractivity contribution in [3.8, 4) is 0 Å². The van der Waals surface area contributed by atoms with Crippen LogP contribution in [0, 0.1) is 0 Å². The fourth-order valence-electron chi connectivity index (χ4n) is 3.24. The molecule has 1 amide bonds. The van der Waals surface area contributed by atoms with Crippen LogP contribution in [0.25, 0.3) is 0 Å². The van der Waals surface area contributed by atoms with Crippen LogP contribution in [0.2, 0.25) is 0 Å². The van der Waals surface area contributed by atoms with Gasteiger partial charge in [-0.3, -0.25) is 9.69 Å². The van der Waals surface area contributed by atoms with Crippen LogP contribution in [0.15, 0.2) is 45.5 Å². The maximum atomic E-state index is 12.2. The summed E-state index contributed by atoms with van der Waals surface area (Å²) < 4.78 is 11.6. The number of halogens is 1. The molecular weight excluding hydrogens is 384 g/mol. The van der Waals surface area contributed by atoms with Crippen molar-refractivity contribution in [3.05, 3.63) is 58.0 Å². The average Bonchev–Trinajstić information content (AvgIpc) is 2.99. The minimum absolute atomic E-state index is 0.214. The molecule has 1 aromatic heterocycles. The molecule has 134 valence electrons. The van der Waals surface area contributed by atoms with Gasteiger partial charge in [0.1, 0.15) is 0 Å². The molecule has 2 heterocycles. The smallest absolute Gasteiger partial charge is 0.287 e. The number of carbonyl (C=O) groups excluding carboxylic acids is 1. The van der Waals surface area contributed by atoms with Gasteiger partial charge in [-0.05, 0) is 53.0 Å². The van der Waals surface area contributed by atoms with Crippen LogP contribution in [-0.4, -0.2) is 36.1 Å². The molecule has 0 radical (unpaired) electrons. The molecule has 2 aromatic rings. The molecule has 0 unspecified atom stereocenters. The van der Waals surface area contributed by atoms with E-state index >= 15 is 0 Å². The predicted molar refractivity (Wildman–Crippen MR) is 99.3 cm³/mol. The Morgan fingerprint density at radius 2 is 1.84 bits per heavy atom. The number of nitrogens with zero attached hydrogens (tertiary/aromatic N) is 1. The van der Waals surface area contributed by atoms with Crippen molar-refractivity contribution < 1.29 is 13.9 Å². The fraction of sp³-hybridized carbons (Fsp3) is 0.421. The zero-order chi connectivity index (χ0) is 17.8. The van der Waals surface area contributed by atoms with E-state index in [1.165, 1.54) is 5.56 Å². The van der Waals surface area contributed by atoms with Gasteiger partial charge in [0.2, 0.25) is 0 Å². The van der Waals surface area contributed by atoms with E-state index in [9.17, 15) is 4.79 Å². The second-order valence-corrected chi connectivity index (χ2v) is 7.29. The standard InChI is InChI=1S/C19H23BrN2O3/c1-13-10-22(11-14(2)24-13)12-16-6-4-3-5-15(16)9-21-19(23)17-7-8-18(20)25-17/h3-8,13-14H,9-12H2,1-2H3,(H,21,23)/t13-,14-/m1/s1. The summed E-state index contributed by atoms with van der Waals surface area (Å²) in [6.45, 7) is 7.39. The molecule has 0 saturated carbocycles. The summed E-state index contributed by atoms with van der Waals surface area (Å²) in [6, 6.07) is 11.6. The number of furan rings is 1. The van der Waals surface area contributed by atoms with Gasteiger partial charge in [0.15, 0.2) is 10.4 Å². The quantitative estimate of drug-likeness (QED) is 0.824. The highest BCUT2D eigenvalue weighted by molar-refractivity contribution is 9.10. The molecule has 3 rings (SSSR count). The van der Waals surface area contributed by atoms with Crippen molar-refractivity contribution in [1.29, 1.82) is 0 Å². The first-order chi connectivity index (χ1) is 12.0. The highest BCUT2D eigenvalue weighted by Crippen LogP contribution is 2.18. The largest absolute Gasteiger partial charge is 0.444 e. The van der Waals surface area contributed by atoms with Gasteiger partial charge < -0.3 is 14.5 Å². The molecule has 1 aliphatic heterocycles. The van der Waals surface area contributed by atoms with Crippen molar-refractivity contribution in [3.63, 3.8) is 0 Å². The fourth-order valence-corrected chi connectivity index (χ4v) is 3.54. The van der Waals surface area contributed by atoms with Crippen molar-refractivity contribution in [1.82, 2.24) is 10.2 Å². The third kappa shape index (κ3) is 4.93. The lowest BCUT2D eigenvalue weighted by Crippen LogP contribution is -2.45. The summed E-state index contributed by atoms with van der Waals surface area (Å²) in [4.78, 5) is 14.6. The van der Waals surface area contributed by atoms with E-state index in [0.29, 0.717) is 17.0 Å². The molecule has 5 nitrogen and oxygen atoms in total. The number of carbonyl (C=O) groups is 1. The Balaban J connectivity index is 1.63. The van der Waals surface area contributed by atoms with Gasteiger partial charge in [0.25, 0.3) is 5.91 Å². The van der Waals surface area contributed by atoms with Crippen LogP contribution in [0.1, 0.15) is 35.5 Å². The third-order valence-electron chi connectivity index (χ3n) is 4.24. The second-order valence-electron chi connectivity index (χ2n) is 6.51. The van der Waals surface area contributed by atoms with Crippen LogP contribution in [-0.2, 0) is 17.8 Å². The maximum Gasteiger partial charge on any atom is 0.287 e. The number of nitrogens with one attached hydrogen (secondary N) is 1. The summed E-state index contributed by atoms with van der Waals surface area (Å²) in [5, 5.41) is 2.93. The third-order valence-corrected chi connectivity index (χ3v) is 4.67. The molecule has 1 aromatic carbocycles. The number of ether oxygens (including phenoxy) is 1. The lowest BCUT2D eigenvalue weighted by atomic mass is 10.1. The van der Waals surface area contributed by atoms with Crippen molar-refractivity contribution >= 4 is 21.8 Å². The van der Waals surface area contributed by atoms with Gasteiger partial charge in [-0.25, -0.2) is 0 Å². The Bertz CT molecular complexity index is 721. The van der Waals surface area contributed by atoms with Gasteiger partial charge in [0.05, 0.1) is 12.2 Å². The lowest BCUT2D eigenvalue weighted by molar-refractivity contribution is -0.0705. The first-order valence-electron chi connectivity index (χ1n) is 8.49. The summed E-state index contributed by atoms with van der Waals surface area (Å²) in [6.07, 6.45) is 0.487. The van der Waals surface area contributed by atoms with Crippen molar-refractivity contribution in [2.24, 2.45) is 0 Å². The topological polar surface area (TPSA) is 54.7 Å². The summed E-state index contributed by atoms with van der Waals surface area (Å²) in [5.41, 5.74) is 2.35. The van der Waals surface area contributed by atoms with E-state index < -0.39 is 0 Å².